The number of thiazole rings is 1. The molecule has 0 bridgehead atoms. The highest BCUT2D eigenvalue weighted by Crippen LogP contribution is 2.36. The van der Waals surface area contributed by atoms with E-state index in [4.69, 9.17) is 10.3 Å². The minimum absolute atomic E-state index is 0.447. The first-order valence-electron chi connectivity index (χ1n) is 7.78. The minimum Gasteiger partial charge on any atom is -0.332 e. The Labute approximate surface area is 129 Å². The molecule has 0 aromatic carbocycles. The Kier molecular flexibility index (Phi) is 4.65. The Bertz CT molecular complexity index is 572. The summed E-state index contributed by atoms with van der Waals surface area (Å²) in [6, 6.07) is 0. The quantitative estimate of drug-likeness (QED) is 0.910. The summed E-state index contributed by atoms with van der Waals surface area (Å²) in [6.07, 6.45) is 7.57. The molecule has 2 N–H and O–H groups in total. The van der Waals surface area contributed by atoms with Gasteiger partial charge >= 0.3 is 0 Å². The van der Waals surface area contributed by atoms with Crippen LogP contribution in [0, 0.1) is 5.92 Å². The maximum absolute atomic E-state index is 5.58. The molecule has 114 valence electrons. The van der Waals surface area contributed by atoms with Crippen LogP contribution in [0.1, 0.15) is 62.2 Å². The Morgan fingerprint density at radius 3 is 2.76 bits per heavy atom. The van der Waals surface area contributed by atoms with Crippen LogP contribution < -0.4 is 5.73 Å². The molecule has 0 amide bonds. The van der Waals surface area contributed by atoms with Gasteiger partial charge in [-0.15, -0.1) is 11.3 Å². The normalized spacial score (nSPS) is 22.6. The lowest BCUT2D eigenvalue weighted by Gasteiger charge is -2.26. The van der Waals surface area contributed by atoms with Crippen LogP contribution in [0.3, 0.4) is 0 Å². The fraction of sp³-hybridized carbons (Fsp3) is 0.667. The Balaban J connectivity index is 1.65. The Hall–Kier alpha value is -1.27. The van der Waals surface area contributed by atoms with Crippen molar-refractivity contribution in [2.24, 2.45) is 11.7 Å². The topological polar surface area (TPSA) is 77.8 Å². The van der Waals surface area contributed by atoms with Gasteiger partial charge in [0.15, 0.2) is 5.82 Å². The van der Waals surface area contributed by atoms with Gasteiger partial charge in [0.1, 0.15) is 10.7 Å². The van der Waals surface area contributed by atoms with Crippen molar-refractivity contribution < 1.29 is 4.52 Å². The molecule has 21 heavy (non-hydrogen) atoms. The van der Waals surface area contributed by atoms with Crippen molar-refractivity contribution in [1.29, 1.82) is 0 Å². The van der Waals surface area contributed by atoms with E-state index < -0.39 is 0 Å². The third kappa shape index (κ3) is 3.32. The summed E-state index contributed by atoms with van der Waals surface area (Å²) in [7, 11) is 0. The zero-order valence-corrected chi connectivity index (χ0v) is 13.2. The van der Waals surface area contributed by atoms with Crippen molar-refractivity contribution in [3.8, 4) is 11.6 Å². The number of aromatic nitrogens is 3. The molecular formula is C15H22N4OS. The summed E-state index contributed by atoms with van der Waals surface area (Å²) >= 11 is 1.53. The van der Waals surface area contributed by atoms with E-state index in [0.29, 0.717) is 18.4 Å². The SMILES string of the molecule is CCCC1CCC(c2noc(-c3csc(CN)n3)n2)CC1. The molecule has 3 rings (SSSR count). The fourth-order valence-electron chi connectivity index (χ4n) is 3.13. The maximum Gasteiger partial charge on any atom is 0.277 e. The highest BCUT2D eigenvalue weighted by Gasteiger charge is 2.26. The van der Waals surface area contributed by atoms with Crippen molar-refractivity contribution in [2.75, 3.05) is 0 Å². The lowest BCUT2D eigenvalue weighted by molar-refractivity contribution is 0.296. The van der Waals surface area contributed by atoms with Crippen LogP contribution in [0.25, 0.3) is 11.6 Å². The van der Waals surface area contributed by atoms with Crippen LogP contribution >= 0.6 is 11.3 Å². The highest BCUT2D eigenvalue weighted by atomic mass is 32.1. The molecule has 2 aromatic heterocycles. The second kappa shape index (κ2) is 6.66. The monoisotopic (exact) mass is 306 g/mol. The van der Waals surface area contributed by atoms with Gasteiger partial charge in [-0.1, -0.05) is 24.9 Å². The first-order valence-corrected chi connectivity index (χ1v) is 8.66. The zero-order chi connectivity index (χ0) is 14.7. The van der Waals surface area contributed by atoms with E-state index in [-0.39, 0.29) is 0 Å². The van der Waals surface area contributed by atoms with Crippen LogP contribution in [0.2, 0.25) is 0 Å². The molecule has 0 radical (unpaired) electrons. The largest absolute Gasteiger partial charge is 0.332 e. The van der Waals surface area contributed by atoms with E-state index in [1.54, 1.807) is 0 Å². The van der Waals surface area contributed by atoms with Gasteiger partial charge in [-0.05, 0) is 31.6 Å². The number of hydrogen-bond donors (Lipinski definition) is 1. The fourth-order valence-corrected chi connectivity index (χ4v) is 3.77. The summed E-state index contributed by atoms with van der Waals surface area (Å²) in [5.74, 6) is 2.71. The molecule has 2 heterocycles. The summed E-state index contributed by atoms with van der Waals surface area (Å²) in [6.45, 7) is 2.72. The average molecular weight is 306 g/mol. The van der Waals surface area contributed by atoms with Crippen LogP contribution in [-0.4, -0.2) is 15.1 Å². The van der Waals surface area contributed by atoms with Gasteiger partial charge in [-0.25, -0.2) is 4.98 Å². The first kappa shape index (κ1) is 14.7. The predicted molar refractivity (Wildman–Crippen MR) is 82.9 cm³/mol. The van der Waals surface area contributed by atoms with Crippen LogP contribution in [0.4, 0.5) is 0 Å². The lowest BCUT2D eigenvalue weighted by Crippen LogP contribution is -2.14. The van der Waals surface area contributed by atoms with E-state index in [9.17, 15) is 0 Å². The van der Waals surface area contributed by atoms with Gasteiger partial charge in [0, 0.05) is 17.8 Å². The van der Waals surface area contributed by atoms with E-state index in [1.807, 2.05) is 5.38 Å². The molecule has 5 nitrogen and oxygen atoms in total. The molecule has 0 atom stereocenters. The van der Waals surface area contributed by atoms with Gasteiger partial charge in [0.2, 0.25) is 0 Å². The third-order valence-electron chi connectivity index (χ3n) is 4.30. The molecule has 1 fully saturated rings. The van der Waals surface area contributed by atoms with Crippen molar-refractivity contribution in [3.63, 3.8) is 0 Å². The molecule has 1 saturated carbocycles. The van der Waals surface area contributed by atoms with Crippen LogP contribution in [-0.2, 0) is 6.54 Å². The van der Waals surface area contributed by atoms with E-state index >= 15 is 0 Å². The first-order chi connectivity index (χ1) is 10.3. The van der Waals surface area contributed by atoms with Gasteiger partial charge in [-0.2, -0.15) is 4.98 Å². The summed E-state index contributed by atoms with van der Waals surface area (Å²) < 4.78 is 5.38. The van der Waals surface area contributed by atoms with Crippen LogP contribution in [0.5, 0.6) is 0 Å². The lowest BCUT2D eigenvalue weighted by atomic mass is 9.80. The summed E-state index contributed by atoms with van der Waals surface area (Å²) in [5, 5.41) is 6.99. The molecule has 0 saturated heterocycles. The predicted octanol–water partition coefficient (Wildman–Crippen LogP) is 3.73. The van der Waals surface area contributed by atoms with Gasteiger partial charge in [-0.3, -0.25) is 0 Å². The molecule has 0 spiro atoms. The zero-order valence-electron chi connectivity index (χ0n) is 12.4. The van der Waals surface area contributed by atoms with Crippen molar-refractivity contribution in [1.82, 2.24) is 15.1 Å². The van der Waals surface area contributed by atoms with Crippen LogP contribution in [0.15, 0.2) is 9.90 Å². The molecule has 2 aromatic rings. The van der Waals surface area contributed by atoms with Crippen molar-refractivity contribution in [3.05, 3.63) is 16.2 Å². The molecule has 0 unspecified atom stereocenters. The third-order valence-corrected chi connectivity index (χ3v) is 5.17. The van der Waals surface area contributed by atoms with E-state index in [0.717, 1.165) is 22.4 Å². The second-order valence-electron chi connectivity index (χ2n) is 5.79. The number of hydrogen-bond acceptors (Lipinski definition) is 6. The summed E-state index contributed by atoms with van der Waals surface area (Å²) in [5.41, 5.74) is 6.33. The molecule has 0 aliphatic heterocycles. The standard InChI is InChI=1S/C15H22N4OS/c1-2-3-10-4-6-11(7-5-10)14-18-15(20-19-14)12-9-21-13(8-16)17-12/h9-11H,2-8,16H2,1H3. The van der Waals surface area contributed by atoms with Gasteiger partial charge in [0.05, 0.1) is 0 Å². The molecule has 6 heteroatoms. The van der Waals surface area contributed by atoms with Crippen molar-refractivity contribution >= 4 is 11.3 Å². The Morgan fingerprint density at radius 2 is 2.10 bits per heavy atom. The van der Waals surface area contributed by atoms with E-state index in [2.05, 4.69) is 22.0 Å². The highest BCUT2D eigenvalue weighted by molar-refractivity contribution is 7.09. The average Bonchev–Trinajstić information content (AvgIpc) is 3.17. The summed E-state index contributed by atoms with van der Waals surface area (Å²) in [4.78, 5) is 8.94. The second-order valence-corrected chi connectivity index (χ2v) is 6.74. The smallest absolute Gasteiger partial charge is 0.277 e. The van der Waals surface area contributed by atoms with Gasteiger partial charge in [0.25, 0.3) is 5.89 Å². The minimum atomic E-state index is 0.447. The van der Waals surface area contributed by atoms with E-state index in [1.165, 1.54) is 49.9 Å². The van der Waals surface area contributed by atoms with Crippen molar-refractivity contribution in [2.45, 2.75) is 57.9 Å². The number of nitrogens with zero attached hydrogens (tertiary/aromatic N) is 3. The molecule has 1 aliphatic carbocycles. The molecule has 1 aliphatic rings. The molecular weight excluding hydrogens is 284 g/mol. The van der Waals surface area contributed by atoms with Gasteiger partial charge < -0.3 is 10.3 Å². The number of nitrogens with two attached hydrogens (primary N) is 1. The maximum atomic E-state index is 5.58. The Morgan fingerprint density at radius 1 is 1.29 bits per heavy atom. The number of rotatable bonds is 5.